The van der Waals surface area contributed by atoms with Gasteiger partial charge in [0.15, 0.2) is 0 Å². The number of aliphatic hydroxyl groups is 1. The molecular formula is C20H22N4O2S. The lowest BCUT2D eigenvalue weighted by Crippen LogP contribution is -2.24. The molecule has 0 saturated heterocycles. The topological polar surface area (TPSA) is 75.3 Å². The third kappa shape index (κ3) is 4.54. The maximum absolute atomic E-state index is 9.29. The fourth-order valence-electron chi connectivity index (χ4n) is 2.89. The lowest BCUT2D eigenvalue weighted by atomic mass is 9.86. The minimum atomic E-state index is -0.617. The molecule has 0 amide bonds. The van der Waals surface area contributed by atoms with Crippen molar-refractivity contribution in [3.8, 4) is 11.8 Å². The summed E-state index contributed by atoms with van der Waals surface area (Å²) in [5, 5.41) is 13.6. The van der Waals surface area contributed by atoms with Crippen molar-refractivity contribution in [1.82, 2.24) is 14.5 Å². The number of benzene rings is 1. The van der Waals surface area contributed by atoms with E-state index in [1.165, 1.54) is 17.1 Å². The Kier molecular flexibility index (Phi) is 5.59. The minimum absolute atomic E-state index is 0.0667. The number of fused-ring (bicyclic) bond motifs is 1. The summed E-state index contributed by atoms with van der Waals surface area (Å²) in [6, 6.07) is 8.02. The van der Waals surface area contributed by atoms with Crippen LogP contribution in [0.1, 0.15) is 37.7 Å². The van der Waals surface area contributed by atoms with E-state index < -0.39 is 6.10 Å². The molecule has 7 heteroatoms. The number of aromatic nitrogens is 3. The first-order valence-corrected chi connectivity index (χ1v) is 9.40. The molecule has 140 valence electrons. The fourth-order valence-corrected chi connectivity index (χ4v) is 3.44. The van der Waals surface area contributed by atoms with Crippen LogP contribution >= 0.6 is 11.5 Å². The van der Waals surface area contributed by atoms with E-state index >= 15 is 0 Å². The van der Waals surface area contributed by atoms with Crippen LogP contribution in [0.25, 0.3) is 0 Å². The molecule has 0 fully saturated rings. The van der Waals surface area contributed by atoms with Gasteiger partial charge in [-0.1, -0.05) is 36.9 Å². The smallest absolute Gasteiger partial charge is 0.209 e. The Hall–Kier alpha value is -2.69. The molecule has 0 spiro atoms. The van der Waals surface area contributed by atoms with Crippen molar-refractivity contribution in [1.29, 1.82) is 0 Å². The number of aliphatic hydroxyl groups excluding tert-OH is 1. The minimum Gasteiger partial charge on any atom is -0.381 e. The first-order chi connectivity index (χ1) is 12.9. The van der Waals surface area contributed by atoms with Crippen LogP contribution in [0, 0.1) is 18.8 Å². The van der Waals surface area contributed by atoms with Crippen LogP contribution in [0.4, 0.5) is 10.8 Å². The fraction of sp³-hybridized carbons (Fsp3) is 0.350. The Morgan fingerprint density at radius 2 is 2.15 bits per heavy atom. The molecular weight excluding hydrogens is 360 g/mol. The summed E-state index contributed by atoms with van der Waals surface area (Å²) in [4.78, 5) is 6.52. The van der Waals surface area contributed by atoms with Crippen molar-refractivity contribution in [2.24, 2.45) is 0 Å². The molecule has 0 saturated carbocycles. The quantitative estimate of drug-likeness (QED) is 0.647. The van der Waals surface area contributed by atoms with Gasteiger partial charge in [0.25, 0.3) is 0 Å². The summed E-state index contributed by atoms with van der Waals surface area (Å²) in [6.45, 7) is 8.86. The first-order valence-electron chi connectivity index (χ1n) is 8.62. The molecule has 4 rings (SSSR count). The van der Waals surface area contributed by atoms with Gasteiger partial charge in [-0.05, 0) is 31.5 Å². The second-order valence-electron chi connectivity index (χ2n) is 6.99. The molecule has 3 heterocycles. The predicted octanol–water partition coefficient (Wildman–Crippen LogP) is 3.68. The van der Waals surface area contributed by atoms with Gasteiger partial charge < -0.3 is 14.5 Å². The highest BCUT2D eigenvalue weighted by Gasteiger charge is 2.36. The molecule has 1 N–H and O–H groups in total. The van der Waals surface area contributed by atoms with Crippen molar-refractivity contribution in [2.45, 2.75) is 39.2 Å². The van der Waals surface area contributed by atoms with Gasteiger partial charge in [0.05, 0.1) is 6.20 Å². The van der Waals surface area contributed by atoms with Crippen LogP contribution in [-0.4, -0.2) is 32.3 Å². The van der Waals surface area contributed by atoms with Gasteiger partial charge in [-0.15, -0.1) is 0 Å². The molecule has 1 aliphatic rings. The largest absolute Gasteiger partial charge is 0.381 e. The Bertz CT molecular complexity index is 938. The number of nitrogens with zero attached hydrogens (tertiary/aromatic N) is 4. The highest BCUT2D eigenvalue weighted by atomic mass is 32.1. The van der Waals surface area contributed by atoms with E-state index in [0.29, 0.717) is 0 Å². The number of rotatable bonds is 1. The van der Waals surface area contributed by atoms with Crippen molar-refractivity contribution in [3.05, 3.63) is 53.7 Å². The number of hydrogen-bond donors (Lipinski definition) is 1. The Labute approximate surface area is 163 Å². The normalized spacial score (nSPS) is 15.2. The molecule has 0 bridgehead atoms. The summed E-state index contributed by atoms with van der Waals surface area (Å²) in [5.41, 5.74) is 3.40. The van der Waals surface area contributed by atoms with Gasteiger partial charge in [0, 0.05) is 40.8 Å². The third-order valence-corrected chi connectivity index (χ3v) is 4.83. The summed E-state index contributed by atoms with van der Waals surface area (Å²) in [7, 11) is 0. The van der Waals surface area contributed by atoms with Gasteiger partial charge in [0.1, 0.15) is 18.2 Å². The monoisotopic (exact) mass is 382 g/mol. The zero-order chi connectivity index (χ0) is 19.4. The molecule has 0 radical (unpaired) electrons. The lowest BCUT2D eigenvalue weighted by molar-refractivity contribution is 0.253. The number of aryl methyl sites for hydroxylation is 1. The molecule has 1 aliphatic heterocycles. The third-order valence-electron chi connectivity index (χ3n) is 4.14. The van der Waals surface area contributed by atoms with E-state index in [4.69, 9.17) is 0 Å². The Balaban J connectivity index is 0.000000299. The van der Waals surface area contributed by atoms with Crippen molar-refractivity contribution < 1.29 is 9.63 Å². The molecule has 1 atom stereocenters. The maximum atomic E-state index is 9.29. The highest BCUT2D eigenvalue weighted by Crippen LogP contribution is 2.44. The molecule has 0 aliphatic carbocycles. The number of hydrogen-bond acceptors (Lipinski definition) is 7. The van der Waals surface area contributed by atoms with Crippen LogP contribution < -0.4 is 4.90 Å². The predicted molar refractivity (Wildman–Crippen MR) is 106 cm³/mol. The van der Waals surface area contributed by atoms with E-state index in [2.05, 4.69) is 61.8 Å². The van der Waals surface area contributed by atoms with E-state index in [1.54, 1.807) is 25.5 Å². The van der Waals surface area contributed by atoms with Gasteiger partial charge in [-0.3, -0.25) is 0 Å². The second kappa shape index (κ2) is 7.91. The molecule has 2 aromatic heterocycles. The van der Waals surface area contributed by atoms with Gasteiger partial charge in [-0.2, -0.15) is 4.37 Å². The molecule has 27 heavy (non-hydrogen) atoms. The van der Waals surface area contributed by atoms with Crippen LogP contribution in [0.15, 0.2) is 41.3 Å². The van der Waals surface area contributed by atoms with Crippen LogP contribution in [0.5, 0.6) is 0 Å². The van der Waals surface area contributed by atoms with Gasteiger partial charge in [0.2, 0.25) is 5.13 Å². The van der Waals surface area contributed by atoms with Crippen LogP contribution in [-0.2, 0) is 5.41 Å². The van der Waals surface area contributed by atoms with E-state index in [0.717, 1.165) is 28.7 Å². The van der Waals surface area contributed by atoms with E-state index in [9.17, 15) is 5.11 Å². The molecule has 3 aromatic rings. The zero-order valence-electron chi connectivity index (χ0n) is 15.8. The summed E-state index contributed by atoms with van der Waals surface area (Å²) >= 11 is 1.40. The van der Waals surface area contributed by atoms with Crippen molar-refractivity contribution in [3.63, 3.8) is 0 Å². The summed E-state index contributed by atoms with van der Waals surface area (Å²) < 4.78 is 8.68. The SMILES string of the molecule is CC(O)C#Cc1ccc2c(c1)N(c1ncns1)CC2(C)C.Cc1ccno1. The van der Waals surface area contributed by atoms with E-state index in [-0.39, 0.29) is 5.41 Å². The Morgan fingerprint density at radius 1 is 1.33 bits per heavy atom. The second-order valence-corrected chi connectivity index (χ2v) is 7.75. The standard InChI is InChI=1S/C16H17N3OS.C4H5NO/c1-11(20)4-5-12-6-7-13-14(8-12)19(9-16(13,2)3)15-17-10-18-21-15;1-4-2-3-5-6-4/h6-8,10-11,20H,9H2,1-3H3;2-3H,1H3. The van der Waals surface area contributed by atoms with Crippen LogP contribution in [0.2, 0.25) is 0 Å². The van der Waals surface area contributed by atoms with Crippen molar-refractivity contribution in [2.75, 3.05) is 11.4 Å². The first kappa shape index (κ1) is 19.1. The van der Waals surface area contributed by atoms with Gasteiger partial charge in [-0.25, -0.2) is 4.98 Å². The van der Waals surface area contributed by atoms with Gasteiger partial charge >= 0.3 is 0 Å². The Morgan fingerprint density at radius 3 is 2.70 bits per heavy atom. The summed E-state index contributed by atoms with van der Waals surface area (Å²) in [5.74, 6) is 6.65. The molecule has 1 unspecified atom stereocenters. The highest BCUT2D eigenvalue weighted by molar-refractivity contribution is 7.09. The number of anilines is 2. The summed E-state index contributed by atoms with van der Waals surface area (Å²) in [6.07, 6.45) is 2.59. The average molecular weight is 382 g/mol. The maximum Gasteiger partial charge on any atom is 0.209 e. The molecule has 6 nitrogen and oxygen atoms in total. The van der Waals surface area contributed by atoms with Crippen LogP contribution in [0.3, 0.4) is 0 Å². The lowest BCUT2D eigenvalue weighted by Gasteiger charge is -2.19. The van der Waals surface area contributed by atoms with E-state index in [1.807, 2.05) is 13.0 Å². The average Bonchev–Trinajstić information content (AvgIpc) is 3.35. The molecule has 1 aromatic carbocycles. The zero-order valence-corrected chi connectivity index (χ0v) is 16.6. The van der Waals surface area contributed by atoms with Crippen molar-refractivity contribution >= 4 is 22.4 Å².